The molecule has 2 aromatic rings. The van der Waals surface area contributed by atoms with Gasteiger partial charge in [0.25, 0.3) is 0 Å². The Labute approximate surface area is 158 Å². The van der Waals surface area contributed by atoms with Crippen LogP contribution in [0.4, 0.5) is 8.78 Å². The Hall–Kier alpha value is -2.31. The zero-order valence-electron chi connectivity index (χ0n) is 15.6. The number of carbonyl (C=O) groups is 1. The monoisotopic (exact) mass is 374 g/mol. The summed E-state index contributed by atoms with van der Waals surface area (Å²) >= 11 is 0. The summed E-state index contributed by atoms with van der Waals surface area (Å²) in [7, 11) is 3.01. The number of amides is 1. The molecule has 1 saturated heterocycles. The molecule has 3 rings (SSSR count). The average molecular weight is 374 g/mol. The van der Waals surface area contributed by atoms with Crippen molar-refractivity contribution in [3.8, 4) is 0 Å². The van der Waals surface area contributed by atoms with Gasteiger partial charge in [0.15, 0.2) is 11.6 Å². The van der Waals surface area contributed by atoms with E-state index in [1.165, 1.54) is 23.8 Å². The van der Waals surface area contributed by atoms with Crippen LogP contribution in [0, 0.1) is 17.6 Å². The molecule has 1 heterocycles. The van der Waals surface area contributed by atoms with Crippen LogP contribution in [0.1, 0.15) is 23.5 Å². The van der Waals surface area contributed by atoms with Gasteiger partial charge in [-0.3, -0.25) is 14.5 Å². The second-order valence-electron chi connectivity index (χ2n) is 6.91. The van der Waals surface area contributed by atoms with Gasteiger partial charge in [0, 0.05) is 32.0 Å². The number of benzene rings is 2. The summed E-state index contributed by atoms with van der Waals surface area (Å²) in [4.78, 5) is 20.0. The highest BCUT2D eigenvalue weighted by molar-refractivity contribution is 5.79. The molecule has 6 heteroatoms. The first-order valence-electron chi connectivity index (χ1n) is 9.02. The smallest absolute Gasteiger partial charge is 0.249 e. The lowest BCUT2D eigenvalue weighted by atomic mass is 9.80. The molecule has 2 unspecified atom stereocenters. The van der Waals surface area contributed by atoms with Crippen LogP contribution in [-0.4, -0.2) is 43.1 Å². The molecule has 4 nitrogen and oxygen atoms in total. The molecule has 144 valence electrons. The van der Waals surface area contributed by atoms with E-state index in [-0.39, 0.29) is 17.7 Å². The number of likely N-dealkylation sites (tertiary alicyclic amines) is 1. The molecule has 2 atom stereocenters. The van der Waals surface area contributed by atoms with Crippen LogP contribution < -0.4 is 0 Å². The van der Waals surface area contributed by atoms with Gasteiger partial charge in [-0.2, -0.15) is 0 Å². The number of hydrogen-bond acceptors (Lipinski definition) is 3. The van der Waals surface area contributed by atoms with Crippen molar-refractivity contribution >= 4 is 5.91 Å². The first-order valence-corrected chi connectivity index (χ1v) is 9.02. The molecule has 2 aromatic carbocycles. The fourth-order valence-electron chi connectivity index (χ4n) is 3.70. The van der Waals surface area contributed by atoms with Crippen molar-refractivity contribution in [2.75, 3.05) is 27.2 Å². The van der Waals surface area contributed by atoms with Crippen molar-refractivity contribution in [1.29, 1.82) is 0 Å². The van der Waals surface area contributed by atoms with E-state index in [0.717, 1.165) is 19.2 Å². The lowest BCUT2D eigenvalue weighted by Gasteiger charge is -2.39. The molecule has 0 bridgehead atoms. The minimum absolute atomic E-state index is 0.147. The van der Waals surface area contributed by atoms with E-state index < -0.39 is 11.6 Å². The van der Waals surface area contributed by atoms with Crippen molar-refractivity contribution in [2.45, 2.75) is 18.9 Å². The molecule has 0 aromatic heterocycles. The largest absolute Gasteiger partial charge is 0.298 e. The second-order valence-corrected chi connectivity index (χ2v) is 6.91. The maximum absolute atomic E-state index is 13.8. The molecule has 27 heavy (non-hydrogen) atoms. The van der Waals surface area contributed by atoms with Crippen molar-refractivity contribution in [1.82, 2.24) is 9.96 Å². The van der Waals surface area contributed by atoms with E-state index >= 15 is 0 Å². The van der Waals surface area contributed by atoms with Gasteiger partial charge in [-0.25, -0.2) is 13.8 Å². The fourth-order valence-corrected chi connectivity index (χ4v) is 3.70. The van der Waals surface area contributed by atoms with Gasteiger partial charge in [-0.1, -0.05) is 36.4 Å². The molecule has 0 aliphatic carbocycles. The third kappa shape index (κ3) is 4.51. The summed E-state index contributed by atoms with van der Waals surface area (Å²) in [6.07, 6.45) is 0.628. The summed E-state index contributed by atoms with van der Waals surface area (Å²) in [6, 6.07) is 14.0. The van der Waals surface area contributed by atoms with E-state index in [1.807, 2.05) is 18.2 Å². The van der Waals surface area contributed by atoms with Gasteiger partial charge in [0.05, 0.1) is 7.11 Å². The Kier molecular flexibility index (Phi) is 6.19. The van der Waals surface area contributed by atoms with E-state index in [0.29, 0.717) is 18.5 Å². The molecule has 1 aliphatic rings. The topological polar surface area (TPSA) is 32.8 Å². The van der Waals surface area contributed by atoms with Gasteiger partial charge < -0.3 is 0 Å². The zero-order valence-corrected chi connectivity index (χ0v) is 15.6. The first kappa shape index (κ1) is 19.5. The molecule has 0 saturated carbocycles. The summed E-state index contributed by atoms with van der Waals surface area (Å²) in [5, 5.41) is 1.21. The lowest BCUT2D eigenvalue weighted by molar-refractivity contribution is -0.175. The summed E-state index contributed by atoms with van der Waals surface area (Å²) in [5.74, 6) is -2.49. The molecular formula is C21H24F2N2O2. The highest BCUT2D eigenvalue weighted by Crippen LogP contribution is 2.35. The van der Waals surface area contributed by atoms with Crippen molar-refractivity contribution < 1.29 is 18.4 Å². The number of piperidine rings is 1. The predicted molar refractivity (Wildman–Crippen MR) is 98.7 cm³/mol. The van der Waals surface area contributed by atoms with Crippen LogP contribution in [0.25, 0.3) is 0 Å². The Bertz CT molecular complexity index is 785. The number of hydroxylamine groups is 2. The zero-order chi connectivity index (χ0) is 19.4. The summed E-state index contributed by atoms with van der Waals surface area (Å²) in [5.41, 5.74) is 1.81. The van der Waals surface area contributed by atoms with Crippen LogP contribution in [-0.2, 0) is 16.2 Å². The predicted octanol–water partition coefficient (Wildman–Crippen LogP) is 3.59. The van der Waals surface area contributed by atoms with Crippen LogP contribution in [0.2, 0.25) is 0 Å². The van der Waals surface area contributed by atoms with E-state index in [4.69, 9.17) is 4.84 Å². The lowest BCUT2D eigenvalue weighted by Crippen LogP contribution is -2.45. The van der Waals surface area contributed by atoms with Gasteiger partial charge in [-0.15, -0.1) is 0 Å². The van der Waals surface area contributed by atoms with Gasteiger partial charge in [-0.05, 0) is 36.2 Å². The minimum Gasteiger partial charge on any atom is -0.298 e. The normalized spacial score (nSPS) is 20.4. The highest BCUT2D eigenvalue weighted by atomic mass is 19.2. The summed E-state index contributed by atoms with van der Waals surface area (Å²) in [6.45, 7) is 2.10. The number of carbonyl (C=O) groups excluding carboxylic acids is 1. The van der Waals surface area contributed by atoms with E-state index in [2.05, 4.69) is 17.0 Å². The molecule has 1 amide bonds. The standard InChI is InChI=1S/C21H24F2N2O2/c1-24(27-2)21(26)17-10-11-25(13-15-6-4-3-5-7-15)14-18(17)16-8-9-19(22)20(23)12-16/h3-9,12,17-18H,10-11,13-14H2,1-2H3. The molecule has 1 aliphatic heterocycles. The fraction of sp³-hybridized carbons (Fsp3) is 0.381. The second kappa shape index (κ2) is 8.59. The third-order valence-corrected chi connectivity index (χ3v) is 5.22. The number of nitrogens with zero attached hydrogens (tertiary/aromatic N) is 2. The van der Waals surface area contributed by atoms with Crippen molar-refractivity contribution in [3.63, 3.8) is 0 Å². The van der Waals surface area contributed by atoms with Gasteiger partial charge in [0.1, 0.15) is 0 Å². The quantitative estimate of drug-likeness (QED) is 0.750. The maximum Gasteiger partial charge on any atom is 0.249 e. The van der Waals surface area contributed by atoms with Crippen molar-refractivity contribution in [3.05, 3.63) is 71.3 Å². The van der Waals surface area contributed by atoms with Crippen LogP contribution in [0.3, 0.4) is 0 Å². The minimum atomic E-state index is -0.890. The van der Waals surface area contributed by atoms with Crippen LogP contribution >= 0.6 is 0 Å². The Morgan fingerprint density at radius 3 is 2.59 bits per heavy atom. The first-order chi connectivity index (χ1) is 13.0. The number of hydrogen-bond donors (Lipinski definition) is 0. The Balaban J connectivity index is 1.85. The summed E-state index contributed by atoms with van der Waals surface area (Å²) < 4.78 is 27.2. The Morgan fingerprint density at radius 2 is 1.93 bits per heavy atom. The molecular weight excluding hydrogens is 350 g/mol. The Morgan fingerprint density at radius 1 is 1.19 bits per heavy atom. The number of halogens is 2. The molecule has 0 N–H and O–H groups in total. The molecule has 1 fully saturated rings. The third-order valence-electron chi connectivity index (χ3n) is 5.22. The van der Waals surface area contributed by atoms with E-state index in [1.54, 1.807) is 13.1 Å². The SMILES string of the molecule is CON(C)C(=O)C1CCN(Cc2ccccc2)CC1c1ccc(F)c(F)c1. The highest BCUT2D eigenvalue weighted by Gasteiger charge is 2.37. The van der Waals surface area contributed by atoms with Gasteiger partial charge >= 0.3 is 0 Å². The maximum atomic E-state index is 13.8. The van der Waals surface area contributed by atoms with E-state index in [9.17, 15) is 13.6 Å². The van der Waals surface area contributed by atoms with Crippen LogP contribution in [0.15, 0.2) is 48.5 Å². The average Bonchev–Trinajstić information content (AvgIpc) is 2.69. The van der Waals surface area contributed by atoms with Crippen molar-refractivity contribution in [2.24, 2.45) is 5.92 Å². The molecule has 0 spiro atoms. The van der Waals surface area contributed by atoms with Gasteiger partial charge in [0.2, 0.25) is 5.91 Å². The number of rotatable bonds is 5. The van der Waals surface area contributed by atoms with Crippen LogP contribution in [0.5, 0.6) is 0 Å². The molecule has 0 radical (unpaired) electrons.